The molecule has 0 N–H and O–H groups in total. The van der Waals surface area contributed by atoms with Crippen LogP contribution in [0.15, 0.2) is 76.6 Å². The highest BCUT2D eigenvalue weighted by molar-refractivity contribution is 7.87. The molecule has 0 amide bonds. The summed E-state index contributed by atoms with van der Waals surface area (Å²) in [6.45, 7) is 1.98. The number of halogens is 2. The largest absolute Gasteiger partial charge is 0.379 e. The molecule has 0 saturated carbocycles. The molecule has 4 rings (SSSR count). The molecule has 0 radical (unpaired) electrons. The number of aryl methyl sites for hydroxylation is 1. The number of nitrogens with zero attached hydrogens (tertiary/aromatic N) is 2. The maximum atomic E-state index is 12.6. The predicted octanol–water partition coefficient (Wildman–Crippen LogP) is 4.83. The van der Waals surface area contributed by atoms with Gasteiger partial charge in [0.15, 0.2) is 0 Å². The van der Waals surface area contributed by atoms with Gasteiger partial charge in [-0.3, -0.25) is 4.79 Å². The molecule has 31 heavy (non-hydrogen) atoms. The van der Waals surface area contributed by atoms with Crippen molar-refractivity contribution in [3.8, 4) is 5.75 Å². The molecule has 0 bridgehead atoms. The van der Waals surface area contributed by atoms with Gasteiger partial charge in [-0.25, -0.2) is 4.98 Å². The third-order valence-electron chi connectivity index (χ3n) is 4.68. The summed E-state index contributed by atoms with van der Waals surface area (Å²) >= 11 is 12.9. The number of hydrogen-bond donors (Lipinski definition) is 0. The van der Waals surface area contributed by atoms with Crippen molar-refractivity contribution >= 4 is 44.2 Å². The number of benzene rings is 2. The highest BCUT2D eigenvalue weighted by atomic mass is 35.5. The molecule has 2 aromatic carbocycles. The molecule has 0 aliphatic carbocycles. The van der Waals surface area contributed by atoms with Crippen molar-refractivity contribution in [1.29, 1.82) is 0 Å². The fourth-order valence-electron chi connectivity index (χ4n) is 3.04. The minimum Gasteiger partial charge on any atom is -0.379 e. The molecule has 0 aliphatic rings. The van der Waals surface area contributed by atoms with Gasteiger partial charge in [0, 0.05) is 23.2 Å². The molecule has 2 aromatic heterocycles. The van der Waals surface area contributed by atoms with E-state index in [1.165, 1.54) is 34.9 Å². The van der Waals surface area contributed by atoms with Gasteiger partial charge < -0.3 is 8.75 Å². The van der Waals surface area contributed by atoms with E-state index in [0.717, 1.165) is 5.56 Å². The van der Waals surface area contributed by atoms with Crippen LogP contribution in [0.1, 0.15) is 11.1 Å². The third kappa shape index (κ3) is 4.44. The van der Waals surface area contributed by atoms with Crippen LogP contribution in [0.5, 0.6) is 5.75 Å². The van der Waals surface area contributed by atoms with Crippen LogP contribution in [0.4, 0.5) is 0 Å². The van der Waals surface area contributed by atoms with E-state index in [0.29, 0.717) is 16.5 Å². The Bertz CT molecular complexity index is 1450. The van der Waals surface area contributed by atoms with Crippen molar-refractivity contribution in [1.82, 2.24) is 9.55 Å². The summed E-state index contributed by atoms with van der Waals surface area (Å²) in [7, 11) is -4.02. The molecule has 0 unspecified atom stereocenters. The molecule has 2 heterocycles. The van der Waals surface area contributed by atoms with E-state index in [1.807, 2.05) is 6.92 Å². The first-order valence-electron chi connectivity index (χ1n) is 9.19. The van der Waals surface area contributed by atoms with Crippen molar-refractivity contribution < 1.29 is 12.6 Å². The normalized spacial score (nSPS) is 11.6. The smallest absolute Gasteiger partial charge is 0.339 e. The Balaban J connectivity index is 1.74. The zero-order chi connectivity index (χ0) is 22.2. The summed E-state index contributed by atoms with van der Waals surface area (Å²) in [6, 6.07) is 15.7. The highest BCUT2D eigenvalue weighted by Gasteiger charge is 2.19. The lowest BCUT2D eigenvalue weighted by Gasteiger charge is -2.13. The van der Waals surface area contributed by atoms with E-state index < -0.39 is 10.1 Å². The Kier molecular flexibility index (Phi) is 5.75. The maximum Gasteiger partial charge on any atom is 0.339 e. The first-order chi connectivity index (χ1) is 14.7. The summed E-state index contributed by atoms with van der Waals surface area (Å²) in [6.07, 6.45) is 1.62. The second kappa shape index (κ2) is 8.34. The number of fused-ring (bicyclic) bond motifs is 1. The van der Waals surface area contributed by atoms with E-state index >= 15 is 0 Å². The molecule has 6 nitrogen and oxygen atoms in total. The molecule has 158 valence electrons. The topological polar surface area (TPSA) is 78.3 Å². The van der Waals surface area contributed by atoms with Crippen LogP contribution in [-0.2, 0) is 16.7 Å². The van der Waals surface area contributed by atoms with Crippen LogP contribution in [-0.4, -0.2) is 18.0 Å². The van der Waals surface area contributed by atoms with Gasteiger partial charge in [0.25, 0.3) is 5.56 Å². The summed E-state index contributed by atoms with van der Waals surface area (Å²) in [4.78, 5) is 16.4. The van der Waals surface area contributed by atoms with Gasteiger partial charge in [0.1, 0.15) is 15.8 Å². The van der Waals surface area contributed by atoms with Crippen LogP contribution in [0.2, 0.25) is 10.2 Å². The van der Waals surface area contributed by atoms with E-state index in [1.54, 1.807) is 36.5 Å². The Hall–Kier alpha value is -2.87. The summed E-state index contributed by atoms with van der Waals surface area (Å²) in [5, 5.41) is 0.889. The summed E-state index contributed by atoms with van der Waals surface area (Å²) in [5.41, 5.74) is 1.64. The van der Waals surface area contributed by atoms with Crippen LogP contribution in [0.25, 0.3) is 10.9 Å². The Labute approximate surface area is 188 Å². The number of hydrogen-bond acceptors (Lipinski definition) is 5. The van der Waals surface area contributed by atoms with Crippen molar-refractivity contribution in [2.24, 2.45) is 0 Å². The highest BCUT2D eigenvalue weighted by Crippen LogP contribution is 2.34. The molecule has 9 heteroatoms. The average Bonchev–Trinajstić information content (AvgIpc) is 2.73. The number of aromatic nitrogens is 2. The maximum absolute atomic E-state index is 12.6. The van der Waals surface area contributed by atoms with Crippen molar-refractivity contribution in [2.75, 3.05) is 0 Å². The van der Waals surface area contributed by atoms with Crippen LogP contribution >= 0.6 is 23.2 Å². The lowest BCUT2D eigenvalue weighted by atomic mass is 10.1. The van der Waals surface area contributed by atoms with Crippen molar-refractivity contribution in [2.45, 2.75) is 18.4 Å². The summed E-state index contributed by atoms with van der Waals surface area (Å²) < 4.78 is 32.0. The van der Waals surface area contributed by atoms with Crippen LogP contribution in [0, 0.1) is 6.92 Å². The molecule has 0 aliphatic heterocycles. The fourth-order valence-corrected chi connectivity index (χ4v) is 4.56. The van der Waals surface area contributed by atoms with E-state index in [2.05, 4.69) is 4.98 Å². The van der Waals surface area contributed by atoms with Crippen LogP contribution < -0.4 is 9.74 Å². The van der Waals surface area contributed by atoms with E-state index in [9.17, 15) is 13.2 Å². The van der Waals surface area contributed by atoms with Gasteiger partial charge in [0.2, 0.25) is 0 Å². The van der Waals surface area contributed by atoms with Crippen molar-refractivity contribution in [3.63, 3.8) is 0 Å². The quantitative estimate of drug-likeness (QED) is 0.305. The van der Waals surface area contributed by atoms with Gasteiger partial charge in [0.05, 0.1) is 17.1 Å². The Morgan fingerprint density at radius 1 is 1.03 bits per heavy atom. The zero-order valence-electron chi connectivity index (χ0n) is 16.2. The first kappa shape index (κ1) is 21.4. The Morgan fingerprint density at radius 2 is 1.77 bits per heavy atom. The van der Waals surface area contributed by atoms with Gasteiger partial charge in [-0.15, -0.1) is 0 Å². The number of pyridine rings is 2. The second-order valence-corrected chi connectivity index (χ2v) is 9.17. The Morgan fingerprint density at radius 3 is 2.48 bits per heavy atom. The van der Waals surface area contributed by atoms with E-state index in [4.69, 9.17) is 27.4 Å². The van der Waals surface area contributed by atoms with Gasteiger partial charge in [-0.05, 0) is 43.3 Å². The van der Waals surface area contributed by atoms with Crippen molar-refractivity contribution in [3.05, 3.63) is 98.5 Å². The predicted molar refractivity (Wildman–Crippen MR) is 121 cm³/mol. The molecule has 0 atom stereocenters. The van der Waals surface area contributed by atoms with Crippen LogP contribution in [0.3, 0.4) is 0 Å². The molecule has 4 aromatic rings. The standard InChI is InChI=1S/C22H16Cl2N2O4S/c1-14-5-8-16(9-6-14)31(28,29)30-15-7-10-19-17(12-15)21(23)18(22(24)25-19)13-26-11-3-2-4-20(26)27/h2-12H,13H2,1H3. The molecular formula is C22H16Cl2N2O4S. The third-order valence-corrected chi connectivity index (χ3v) is 6.69. The summed E-state index contributed by atoms with van der Waals surface area (Å²) in [5.74, 6) is 0.0851. The lowest BCUT2D eigenvalue weighted by Crippen LogP contribution is -2.18. The van der Waals surface area contributed by atoms with E-state index in [-0.39, 0.29) is 32.9 Å². The molecule has 0 spiro atoms. The van der Waals surface area contributed by atoms with Gasteiger partial charge >= 0.3 is 10.1 Å². The fraction of sp³-hybridized carbons (Fsp3) is 0.0909. The van der Waals surface area contributed by atoms with Gasteiger partial charge in [-0.1, -0.05) is 47.0 Å². The molecule has 0 saturated heterocycles. The lowest BCUT2D eigenvalue weighted by molar-refractivity contribution is 0.486. The molecular weight excluding hydrogens is 459 g/mol. The molecule has 0 fully saturated rings. The SMILES string of the molecule is Cc1ccc(S(=O)(=O)Oc2ccc3nc(Cl)c(Cn4ccccc4=O)c(Cl)c3c2)cc1. The number of rotatable bonds is 5. The minimum atomic E-state index is -4.02. The minimum absolute atomic E-state index is 0.0441. The first-order valence-corrected chi connectivity index (χ1v) is 11.4. The zero-order valence-corrected chi connectivity index (χ0v) is 18.6. The average molecular weight is 475 g/mol. The monoisotopic (exact) mass is 474 g/mol. The second-order valence-electron chi connectivity index (χ2n) is 6.89. The van der Waals surface area contributed by atoms with Gasteiger partial charge in [-0.2, -0.15) is 8.42 Å².